The molecule has 1 amide bonds. The maximum atomic E-state index is 12.0. The first-order valence-electron chi connectivity index (χ1n) is 6.58. The van der Waals surface area contributed by atoms with Crippen LogP contribution in [0.25, 0.3) is 10.6 Å². The van der Waals surface area contributed by atoms with Gasteiger partial charge in [0.15, 0.2) is 0 Å². The summed E-state index contributed by atoms with van der Waals surface area (Å²) in [5.41, 5.74) is 7.86. The van der Waals surface area contributed by atoms with Gasteiger partial charge in [0.2, 0.25) is 11.0 Å². The number of aromatic nitrogens is 2. The summed E-state index contributed by atoms with van der Waals surface area (Å²) in [6, 6.07) is 8.11. The van der Waals surface area contributed by atoms with Gasteiger partial charge < -0.3 is 5.73 Å². The van der Waals surface area contributed by atoms with Crippen molar-refractivity contribution in [3.63, 3.8) is 0 Å². The predicted molar refractivity (Wildman–Crippen MR) is 79.6 cm³/mol. The number of nitrogens with two attached hydrogens (primary N) is 1. The fourth-order valence-corrected chi connectivity index (χ4v) is 3.21. The monoisotopic (exact) mass is 288 g/mol. The Hall–Kier alpha value is -1.79. The van der Waals surface area contributed by atoms with Gasteiger partial charge in [0, 0.05) is 18.5 Å². The number of hydrogen-bond acceptors (Lipinski definition) is 5. The third-order valence-electron chi connectivity index (χ3n) is 3.45. The Morgan fingerprint density at radius 1 is 1.45 bits per heavy atom. The molecule has 1 aromatic heterocycles. The second-order valence-corrected chi connectivity index (χ2v) is 6.03. The molecule has 2 aromatic rings. The van der Waals surface area contributed by atoms with E-state index in [4.69, 9.17) is 5.73 Å². The van der Waals surface area contributed by atoms with Crippen molar-refractivity contribution in [2.24, 2.45) is 11.7 Å². The molecule has 6 heteroatoms. The van der Waals surface area contributed by atoms with Gasteiger partial charge in [0.05, 0.1) is 0 Å². The second kappa shape index (κ2) is 5.30. The van der Waals surface area contributed by atoms with Crippen molar-refractivity contribution in [1.82, 2.24) is 10.2 Å². The highest BCUT2D eigenvalue weighted by atomic mass is 32.1. The maximum absolute atomic E-state index is 12.0. The quantitative estimate of drug-likeness (QED) is 0.935. The lowest BCUT2D eigenvalue weighted by atomic mass is 10.1. The SMILES string of the molecule is Cc1cccc(-c2nnc(N3CC(CN)CC3=O)s2)c1. The van der Waals surface area contributed by atoms with Crippen LogP contribution in [0, 0.1) is 12.8 Å². The number of hydrogen-bond donors (Lipinski definition) is 1. The van der Waals surface area contributed by atoms with Crippen LogP contribution >= 0.6 is 11.3 Å². The number of nitrogens with zero attached hydrogens (tertiary/aromatic N) is 3. The summed E-state index contributed by atoms with van der Waals surface area (Å²) in [5.74, 6) is 0.321. The van der Waals surface area contributed by atoms with Gasteiger partial charge in [-0.05, 0) is 25.5 Å². The highest BCUT2D eigenvalue weighted by Crippen LogP contribution is 2.32. The molecular weight excluding hydrogens is 272 g/mol. The highest BCUT2D eigenvalue weighted by molar-refractivity contribution is 7.18. The van der Waals surface area contributed by atoms with E-state index in [2.05, 4.69) is 16.3 Å². The first-order valence-corrected chi connectivity index (χ1v) is 7.40. The topological polar surface area (TPSA) is 72.1 Å². The molecule has 1 fully saturated rings. The zero-order valence-corrected chi connectivity index (χ0v) is 12.1. The predicted octanol–water partition coefficient (Wildman–Crippen LogP) is 1.83. The van der Waals surface area contributed by atoms with Gasteiger partial charge in [-0.15, -0.1) is 10.2 Å². The molecule has 2 heterocycles. The Morgan fingerprint density at radius 2 is 2.30 bits per heavy atom. The molecule has 0 radical (unpaired) electrons. The summed E-state index contributed by atoms with van der Waals surface area (Å²) < 4.78 is 0. The lowest BCUT2D eigenvalue weighted by molar-refractivity contribution is -0.117. The van der Waals surface area contributed by atoms with E-state index in [9.17, 15) is 4.79 Å². The number of amides is 1. The Bertz CT molecular complexity index is 640. The summed E-state index contributed by atoms with van der Waals surface area (Å²) >= 11 is 1.45. The van der Waals surface area contributed by atoms with Crippen LogP contribution in [0.3, 0.4) is 0 Å². The van der Waals surface area contributed by atoms with Crippen molar-refractivity contribution < 1.29 is 4.79 Å². The molecule has 0 bridgehead atoms. The number of carbonyl (C=O) groups is 1. The van der Waals surface area contributed by atoms with E-state index < -0.39 is 0 Å². The van der Waals surface area contributed by atoms with Crippen LogP contribution in [0.1, 0.15) is 12.0 Å². The summed E-state index contributed by atoms with van der Waals surface area (Å²) in [7, 11) is 0. The Labute approximate surface area is 121 Å². The molecule has 0 saturated carbocycles. The number of rotatable bonds is 3. The van der Waals surface area contributed by atoms with E-state index in [1.54, 1.807) is 4.90 Å². The van der Waals surface area contributed by atoms with Crippen LogP contribution in [0.15, 0.2) is 24.3 Å². The van der Waals surface area contributed by atoms with Gasteiger partial charge in [0.1, 0.15) is 5.01 Å². The number of aryl methyl sites for hydroxylation is 1. The number of benzene rings is 1. The molecule has 1 atom stereocenters. The largest absolute Gasteiger partial charge is 0.330 e. The minimum absolute atomic E-state index is 0.0902. The van der Waals surface area contributed by atoms with E-state index in [1.165, 1.54) is 16.9 Å². The van der Waals surface area contributed by atoms with E-state index in [0.29, 0.717) is 24.6 Å². The van der Waals surface area contributed by atoms with Crippen LogP contribution in [0.5, 0.6) is 0 Å². The smallest absolute Gasteiger partial charge is 0.229 e. The molecule has 1 aliphatic heterocycles. The lowest BCUT2D eigenvalue weighted by Crippen LogP contribution is -2.25. The molecule has 1 saturated heterocycles. The van der Waals surface area contributed by atoms with Gasteiger partial charge in [-0.3, -0.25) is 9.69 Å². The number of carbonyl (C=O) groups excluding carboxylic acids is 1. The van der Waals surface area contributed by atoms with E-state index in [0.717, 1.165) is 10.6 Å². The molecule has 0 spiro atoms. The summed E-state index contributed by atoms with van der Waals surface area (Å²) in [6.07, 6.45) is 0.510. The van der Waals surface area contributed by atoms with E-state index in [1.807, 2.05) is 25.1 Å². The third-order valence-corrected chi connectivity index (χ3v) is 4.44. The summed E-state index contributed by atoms with van der Waals surface area (Å²) in [4.78, 5) is 13.7. The minimum Gasteiger partial charge on any atom is -0.330 e. The molecule has 1 aromatic carbocycles. The zero-order valence-electron chi connectivity index (χ0n) is 11.2. The molecule has 0 aliphatic carbocycles. The maximum Gasteiger partial charge on any atom is 0.229 e. The van der Waals surface area contributed by atoms with Crippen molar-refractivity contribution in [2.45, 2.75) is 13.3 Å². The first-order chi connectivity index (χ1) is 9.67. The van der Waals surface area contributed by atoms with Crippen LogP contribution in [-0.2, 0) is 4.79 Å². The van der Waals surface area contributed by atoms with Gasteiger partial charge in [-0.2, -0.15) is 0 Å². The van der Waals surface area contributed by atoms with Crippen molar-refractivity contribution in [1.29, 1.82) is 0 Å². The average molecular weight is 288 g/mol. The molecule has 1 unspecified atom stereocenters. The van der Waals surface area contributed by atoms with Gasteiger partial charge >= 0.3 is 0 Å². The Kier molecular flexibility index (Phi) is 3.50. The molecule has 2 N–H and O–H groups in total. The van der Waals surface area contributed by atoms with Crippen LogP contribution in [0.2, 0.25) is 0 Å². The highest BCUT2D eigenvalue weighted by Gasteiger charge is 2.31. The molecule has 20 heavy (non-hydrogen) atoms. The van der Waals surface area contributed by atoms with Gasteiger partial charge in [-0.25, -0.2) is 0 Å². The first kappa shape index (κ1) is 13.2. The average Bonchev–Trinajstić information content (AvgIpc) is 3.05. The molecular formula is C14H16N4OS. The lowest BCUT2D eigenvalue weighted by Gasteiger charge is -2.10. The minimum atomic E-state index is 0.0902. The molecule has 5 nitrogen and oxygen atoms in total. The fourth-order valence-electron chi connectivity index (χ4n) is 2.34. The summed E-state index contributed by atoms with van der Waals surface area (Å²) in [6.45, 7) is 3.23. The van der Waals surface area contributed by atoms with Crippen LogP contribution in [0.4, 0.5) is 5.13 Å². The molecule has 1 aliphatic rings. The second-order valence-electron chi connectivity index (χ2n) is 5.07. The Morgan fingerprint density at radius 3 is 3.00 bits per heavy atom. The van der Waals surface area contributed by atoms with E-state index in [-0.39, 0.29) is 11.8 Å². The van der Waals surface area contributed by atoms with Crippen LogP contribution in [-0.4, -0.2) is 29.2 Å². The molecule has 3 rings (SSSR count). The standard InChI is InChI=1S/C14H16N4OS/c1-9-3-2-4-11(5-9)13-16-17-14(20-13)18-8-10(7-15)6-12(18)19/h2-5,10H,6-8,15H2,1H3. The van der Waals surface area contributed by atoms with E-state index >= 15 is 0 Å². The third kappa shape index (κ3) is 2.44. The van der Waals surface area contributed by atoms with Gasteiger partial charge in [-0.1, -0.05) is 35.1 Å². The van der Waals surface area contributed by atoms with Gasteiger partial charge in [0.25, 0.3) is 0 Å². The van der Waals surface area contributed by atoms with Crippen molar-refractivity contribution >= 4 is 22.4 Å². The molecule has 104 valence electrons. The zero-order chi connectivity index (χ0) is 14.1. The van der Waals surface area contributed by atoms with Crippen molar-refractivity contribution in [3.05, 3.63) is 29.8 Å². The Balaban J connectivity index is 1.86. The van der Waals surface area contributed by atoms with Crippen LogP contribution < -0.4 is 10.6 Å². The van der Waals surface area contributed by atoms with Crippen molar-refractivity contribution in [2.75, 3.05) is 18.0 Å². The fraction of sp³-hybridized carbons (Fsp3) is 0.357. The normalized spacial score (nSPS) is 18.8. The number of anilines is 1. The van der Waals surface area contributed by atoms with Crippen molar-refractivity contribution in [3.8, 4) is 10.6 Å². The summed E-state index contributed by atoms with van der Waals surface area (Å²) in [5, 5.41) is 9.87.